The van der Waals surface area contributed by atoms with Crippen molar-refractivity contribution in [2.75, 3.05) is 54.9 Å². The van der Waals surface area contributed by atoms with Crippen molar-refractivity contribution in [3.05, 3.63) is 48.5 Å². The van der Waals surface area contributed by atoms with Gasteiger partial charge in [0.05, 0.1) is 38.5 Å². The van der Waals surface area contributed by atoms with Crippen molar-refractivity contribution >= 4 is 28.9 Å². The molecule has 0 aliphatic carbocycles. The summed E-state index contributed by atoms with van der Waals surface area (Å²) < 4.78 is 5.74. The number of benzene rings is 2. The Labute approximate surface area is 171 Å². The van der Waals surface area contributed by atoms with Crippen LogP contribution in [-0.4, -0.2) is 51.1 Å². The number of rotatable bonds is 7. The number of quaternary nitrogens is 1. The molecule has 1 saturated heterocycles. The van der Waals surface area contributed by atoms with Gasteiger partial charge in [-0.1, -0.05) is 12.1 Å². The number of hydrogen-bond acceptors (Lipinski definition) is 4. The molecule has 0 bridgehead atoms. The predicted octanol–water partition coefficient (Wildman–Crippen LogP) is 1.39. The highest BCUT2D eigenvalue weighted by Crippen LogP contribution is 2.27. The van der Waals surface area contributed by atoms with E-state index in [0.29, 0.717) is 18.8 Å². The second kappa shape index (κ2) is 9.93. The smallest absolute Gasteiger partial charge is 0.279 e. The lowest BCUT2D eigenvalue weighted by Gasteiger charge is -2.34. The molecule has 3 rings (SSSR count). The van der Waals surface area contributed by atoms with Gasteiger partial charge in [-0.25, -0.2) is 0 Å². The maximum absolute atomic E-state index is 12.4. The van der Waals surface area contributed by atoms with Crippen LogP contribution >= 0.6 is 0 Å². The minimum Gasteiger partial charge on any atom is -0.492 e. The number of hydrogen-bond donors (Lipinski definition) is 3. The monoisotopic (exact) mass is 397 g/mol. The van der Waals surface area contributed by atoms with E-state index in [0.717, 1.165) is 43.3 Å². The van der Waals surface area contributed by atoms with Crippen LogP contribution in [0, 0.1) is 0 Å². The van der Waals surface area contributed by atoms with Crippen LogP contribution in [0.2, 0.25) is 0 Å². The molecule has 1 fully saturated rings. The van der Waals surface area contributed by atoms with Crippen molar-refractivity contribution in [1.82, 2.24) is 0 Å². The zero-order valence-corrected chi connectivity index (χ0v) is 17.0. The summed E-state index contributed by atoms with van der Waals surface area (Å²) in [7, 11) is 0. The van der Waals surface area contributed by atoms with E-state index in [2.05, 4.69) is 21.6 Å². The van der Waals surface area contributed by atoms with Crippen LogP contribution in [0.15, 0.2) is 48.5 Å². The maximum Gasteiger partial charge on any atom is 0.279 e. The Morgan fingerprint density at radius 1 is 1.00 bits per heavy atom. The van der Waals surface area contributed by atoms with E-state index in [9.17, 15) is 9.59 Å². The molecule has 1 aliphatic heterocycles. The van der Waals surface area contributed by atoms with Crippen molar-refractivity contribution in [3.63, 3.8) is 0 Å². The number of amides is 2. The Balaban J connectivity index is 1.48. The molecule has 1 aliphatic rings. The SMILES string of the molecule is CCOc1ccccc1N1CC[NH+](CC(=O)Nc2ccc(NC(C)=O)cc2)CC1. The molecule has 0 atom stereocenters. The fourth-order valence-corrected chi connectivity index (χ4v) is 3.51. The molecule has 0 aromatic heterocycles. The average molecular weight is 397 g/mol. The van der Waals surface area contributed by atoms with E-state index in [4.69, 9.17) is 4.74 Å². The summed E-state index contributed by atoms with van der Waals surface area (Å²) in [6, 6.07) is 15.2. The van der Waals surface area contributed by atoms with Gasteiger partial charge in [0.25, 0.3) is 5.91 Å². The van der Waals surface area contributed by atoms with E-state index in [-0.39, 0.29) is 11.8 Å². The number of anilines is 3. The summed E-state index contributed by atoms with van der Waals surface area (Å²) in [6.07, 6.45) is 0. The average Bonchev–Trinajstić information content (AvgIpc) is 2.70. The normalized spacial score (nSPS) is 14.3. The van der Waals surface area contributed by atoms with Crippen LogP contribution < -0.4 is 25.2 Å². The molecule has 0 spiro atoms. The molecule has 0 radical (unpaired) electrons. The van der Waals surface area contributed by atoms with Gasteiger partial charge in [-0.3, -0.25) is 9.59 Å². The lowest BCUT2D eigenvalue weighted by atomic mass is 10.2. The zero-order valence-electron chi connectivity index (χ0n) is 17.0. The summed E-state index contributed by atoms with van der Waals surface area (Å²) in [5.41, 5.74) is 2.56. The third-order valence-electron chi connectivity index (χ3n) is 4.88. The van der Waals surface area contributed by atoms with Crippen molar-refractivity contribution in [2.24, 2.45) is 0 Å². The molecule has 2 aromatic carbocycles. The number of para-hydroxylation sites is 2. The highest BCUT2D eigenvalue weighted by Gasteiger charge is 2.24. The first kappa shape index (κ1) is 20.7. The molecule has 2 aromatic rings. The van der Waals surface area contributed by atoms with Crippen molar-refractivity contribution in [2.45, 2.75) is 13.8 Å². The maximum atomic E-state index is 12.4. The van der Waals surface area contributed by atoms with Crippen LogP contribution in [0.4, 0.5) is 17.1 Å². The van der Waals surface area contributed by atoms with Gasteiger partial charge in [0.1, 0.15) is 5.75 Å². The topological polar surface area (TPSA) is 75.1 Å². The number of piperazine rings is 1. The van der Waals surface area contributed by atoms with Gasteiger partial charge < -0.3 is 25.2 Å². The van der Waals surface area contributed by atoms with E-state index in [1.54, 1.807) is 24.3 Å². The molecular weight excluding hydrogens is 368 g/mol. The van der Waals surface area contributed by atoms with Crippen LogP contribution in [0.1, 0.15) is 13.8 Å². The Hall–Kier alpha value is -3.06. The molecule has 29 heavy (non-hydrogen) atoms. The van der Waals surface area contributed by atoms with Gasteiger partial charge in [-0.05, 0) is 43.3 Å². The molecule has 2 amide bonds. The molecule has 0 saturated carbocycles. The Kier molecular flexibility index (Phi) is 7.08. The minimum absolute atomic E-state index is 0.00422. The van der Waals surface area contributed by atoms with Gasteiger partial charge >= 0.3 is 0 Å². The Bertz CT molecular complexity index is 830. The van der Waals surface area contributed by atoms with Gasteiger partial charge in [-0.15, -0.1) is 0 Å². The lowest BCUT2D eigenvalue weighted by molar-refractivity contribution is -0.892. The Morgan fingerprint density at radius 3 is 2.24 bits per heavy atom. The van der Waals surface area contributed by atoms with Gasteiger partial charge in [0.15, 0.2) is 6.54 Å². The van der Waals surface area contributed by atoms with Crippen LogP contribution in [0.25, 0.3) is 0 Å². The number of carbonyl (C=O) groups is 2. The molecule has 0 unspecified atom stereocenters. The van der Waals surface area contributed by atoms with Crippen molar-refractivity contribution < 1.29 is 19.2 Å². The number of ether oxygens (including phenoxy) is 1. The standard InChI is InChI=1S/C22H28N4O3/c1-3-29-21-7-5-4-6-20(21)26-14-12-25(13-15-26)16-22(28)24-19-10-8-18(9-11-19)23-17(2)27/h4-11H,3,12-16H2,1-2H3,(H,23,27)(H,24,28)/p+1. The van der Waals surface area contributed by atoms with E-state index >= 15 is 0 Å². The van der Waals surface area contributed by atoms with Gasteiger partial charge in [0.2, 0.25) is 5.91 Å². The third kappa shape index (κ3) is 5.96. The fraction of sp³-hybridized carbons (Fsp3) is 0.364. The minimum atomic E-state index is -0.117. The van der Waals surface area contributed by atoms with E-state index in [1.165, 1.54) is 11.8 Å². The first-order valence-electron chi connectivity index (χ1n) is 10.0. The number of carbonyl (C=O) groups excluding carboxylic acids is 2. The Morgan fingerprint density at radius 2 is 1.62 bits per heavy atom. The fourth-order valence-electron chi connectivity index (χ4n) is 3.51. The highest BCUT2D eigenvalue weighted by molar-refractivity contribution is 5.92. The third-order valence-corrected chi connectivity index (χ3v) is 4.88. The second-order valence-electron chi connectivity index (χ2n) is 7.12. The molecule has 7 heteroatoms. The quantitative estimate of drug-likeness (QED) is 0.660. The molecule has 1 heterocycles. The largest absolute Gasteiger partial charge is 0.492 e. The first-order chi connectivity index (χ1) is 14.0. The van der Waals surface area contributed by atoms with Crippen LogP contribution in [0.3, 0.4) is 0 Å². The van der Waals surface area contributed by atoms with E-state index < -0.39 is 0 Å². The second-order valence-corrected chi connectivity index (χ2v) is 7.12. The number of nitrogens with one attached hydrogen (secondary N) is 3. The van der Waals surface area contributed by atoms with Gasteiger partial charge in [-0.2, -0.15) is 0 Å². The molecule has 3 N–H and O–H groups in total. The van der Waals surface area contributed by atoms with Crippen LogP contribution in [-0.2, 0) is 9.59 Å². The number of nitrogens with zero attached hydrogens (tertiary/aromatic N) is 1. The lowest BCUT2D eigenvalue weighted by Crippen LogP contribution is -3.15. The summed E-state index contributed by atoms with van der Waals surface area (Å²) in [5, 5.41) is 5.64. The first-order valence-corrected chi connectivity index (χ1v) is 10.0. The summed E-state index contributed by atoms with van der Waals surface area (Å²) >= 11 is 0. The summed E-state index contributed by atoms with van der Waals surface area (Å²) in [6.45, 7) is 8.11. The van der Waals surface area contributed by atoms with Crippen molar-refractivity contribution in [3.8, 4) is 5.75 Å². The predicted molar refractivity (Wildman–Crippen MR) is 115 cm³/mol. The zero-order chi connectivity index (χ0) is 20.6. The summed E-state index contributed by atoms with van der Waals surface area (Å²) in [4.78, 5) is 27.1. The highest BCUT2D eigenvalue weighted by atomic mass is 16.5. The molecule has 154 valence electrons. The summed E-state index contributed by atoms with van der Waals surface area (Å²) in [5.74, 6) is 0.794. The molecule has 7 nitrogen and oxygen atoms in total. The van der Waals surface area contributed by atoms with Crippen molar-refractivity contribution in [1.29, 1.82) is 0 Å². The van der Waals surface area contributed by atoms with Crippen LogP contribution in [0.5, 0.6) is 5.75 Å². The van der Waals surface area contributed by atoms with Gasteiger partial charge in [0, 0.05) is 18.3 Å². The molecular formula is C22H29N4O3+. The van der Waals surface area contributed by atoms with E-state index in [1.807, 2.05) is 25.1 Å².